The molecule has 0 saturated carbocycles. The van der Waals surface area contributed by atoms with Gasteiger partial charge in [0.05, 0.1) is 30.3 Å². The van der Waals surface area contributed by atoms with Crippen LogP contribution in [0.1, 0.15) is 5.56 Å². The number of fused-ring (bicyclic) bond motifs is 1. The first-order valence-electron chi connectivity index (χ1n) is 11.7. The number of H-pyrrole nitrogens is 1. The molecule has 0 atom stereocenters. The third-order valence-electron chi connectivity index (χ3n) is 6.28. The molecule has 5 rings (SSSR count). The third kappa shape index (κ3) is 5.19. The molecule has 3 heterocycles. The molecule has 1 amide bonds. The summed E-state index contributed by atoms with van der Waals surface area (Å²) in [4.78, 5) is 34.5. The van der Waals surface area contributed by atoms with E-state index < -0.39 is 17.3 Å². The number of aromatic amines is 1. The van der Waals surface area contributed by atoms with E-state index in [9.17, 15) is 22.8 Å². The van der Waals surface area contributed by atoms with E-state index in [0.717, 1.165) is 39.9 Å². The molecule has 0 bridgehead atoms. The minimum absolute atomic E-state index is 0.00322. The van der Waals surface area contributed by atoms with Crippen molar-refractivity contribution in [1.29, 1.82) is 0 Å². The van der Waals surface area contributed by atoms with Crippen LogP contribution in [0.2, 0.25) is 0 Å². The van der Waals surface area contributed by atoms with Crippen molar-refractivity contribution in [2.75, 3.05) is 43.9 Å². The maximum absolute atomic E-state index is 13.3. The molecule has 1 aliphatic heterocycles. The fourth-order valence-electron chi connectivity index (χ4n) is 4.24. The van der Waals surface area contributed by atoms with Crippen LogP contribution in [0.3, 0.4) is 0 Å². The third-order valence-corrected chi connectivity index (χ3v) is 7.20. The number of hydrogen-bond donors (Lipinski definition) is 1. The van der Waals surface area contributed by atoms with Gasteiger partial charge in [0.1, 0.15) is 11.1 Å². The van der Waals surface area contributed by atoms with Crippen molar-refractivity contribution >= 4 is 34.4 Å². The summed E-state index contributed by atoms with van der Waals surface area (Å²) < 4.78 is 46.3. The second kappa shape index (κ2) is 10.4. The fourth-order valence-corrected chi connectivity index (χ4v) is 5.15. The first kappa shape index (κ1) is 25.6. The monoisotopic (exact) mass is 544 g/mol. The van der Waals surface area contributed by atoms with Crippen LogP contribution < -0.4 is 15.2 Å². The number of amides is 1. The number of anilines is 1. The molecular weight excluding hydrogens is 521 g/mol. The number of carbonyl (C=O) groups excluding carboxylic acids is 1. The Morgan fingerprint density at radius 2 is 1.82 bits per heavy atom. The van der Waals surface area contributed by atoms with Crippen LogP contribution in [-0.4, -0.2) is 69.6 Å². The van der Waals surface area contributed by atoms with Gasteiger partial charge in [-0.2, -0.15) is 18.3 Å². The summed E-state index contributed by atoms with van der Waals surface area (Å²) in [7, 11) is 1.61. The summed E-state index contributed by atoms with van der Waals surface area (Å²) in [5.74, 6) is 0.581. The van der Waals surface area contributed by atoms with Gasteiger partial charge < -0.3 is 14.5 Å². The highest BCUT2D eigenvalue weighted by Crippen LogP contribution is 2.31. The standard InChI is InChI=1S/C25H23F3N6O3S/c1-37-19-7-5-17(6-8-19)32-9-11-33(12-10-32)21(35)15-38-24-30-22-20(14-29-31-22)23(36)34(24)18-4-2-3-16(13-18)25(26,27)28/h2-8,13-14H,9-12,15H2,1H3,(H,29,31). The lowest BCUT2D eigenvalue weighted by molar-refractivity contribution is -0.137. The molecule has 13 heteroatoms. The Morgan fingerprint density at radius 3 is 2.50 bits per heavy atom. The molecular formula is C25H23F3N6O3S. The Labute approximate surface area is 219 Å². The molecule has 198 valence electrons. The van der Waals surface area contributed by atoms with Crippen LogP contribution >= 0.6 is 11.8 Å². The van der Waals surface area contributed by atoms with Crippen LogP contribution in [0.15, 0.2) is 64.7 Å². The first-order chi connectivity index (χ1) is 18.2. The van der Waals surface area contributed by atoms with Crippen molar-refractivity contribution < 1.29 is 22.7 Å². The molecule has 0 spiro atoms. The number of nitrogens with one attached hydrogen (secondary N) is 1. The zero-order valence-corrected chi connectivity index (χ0v) is 21.1. The van der Waals surface area contributed by atoms with E-state index in [1.165, 1.54) is 18.3 Å². The fraction of sp³-hybridized carbons (Fsp3) is 0.280. The molecule has 0 aliphatic carbocycles. The highest BCUT2D eigenvalue weighted by atomic mass is 32.2. The quantitative estimate of drug-likeness (QED) is 0.293. The zero-order chi connectivity index (χ0) is 26.9. The molecule has 1 N–H and O–H groups in total. The van der Waals surface area contributed by atoms with E-state index >= 15 is 0 Å². The SMILES string of the molecule is COc1ccc(N2CCN(C(=O)CSc3nc4[nH]ncc4c(=O)n3-c3cccc(C(F)(F)F)c3)CC2)cc1. The number of thioether (sulfide) groups is 1. The van der Waals surface area contributed by atoms with Crippen molar-refractivity contribution in [3.8, 4) is 11.4 Å². The van der Waals surface area contributed by atoms with E-state index in [2.05, 4.69) is 20.1 Å². The Morgan fingerprint density at radius 1 is 1.08 bits per heavy atom. The summed E-state index contributed by atoms with van der Waals surface area (Å²) in [5, 5.41) is 6.67. The second-order valence-corrected chi connectivity index (χ2v) is 9.51. The van der Waals surface area contributed by atoms with Crippen LogP contribution in [0.4, 0.5) is 18.9 Å². The van der Waals surface area contributed by atoms with Crippen molar-refractivity contribution in [3.63, 3.8) is 0 Å². The Hall–Kier alpha value is -4.00. The number of methoxy groups -OCH3 is 1. The summed E-state index contributed by atoms with van der Waals surface area (Å²) in [6.07, 6.45) is -3.30. The summed E-state index contributed by atoms with van der Waals surface area (Å²) in [6, 6.07) is 12.2. The van der Waals surface area contributed by atoms with E-state index in [1.807, 2.05) is 24.3 Å². The van der Waals surface area contributed by atoms with Crippen LogP contribution in [0.25, 0.3) is 16.7 Å². The molecule has 2 aromatic carbocycles. The molecule has 0 radical (unpaired) electrons. The summed E-state index contributed by atoms with van der Waals surface area (Å²) in [5.41, 5.74) is -0.235. The number of halogens is 3. The van der Waals surface area contributed by atoms with Gasteiger partial charge in [0.25, 0.3) is 5.56 Å². The van der Waals surface area contributed by atoms with Crippen LogP contribution in [0, 0.1) is 0 Å². The van der Waals surface area contributed by atoms with Gasteiger partial charge >= 0.3 is 6.18 Å². The zero-order valence-electron chi connectivity index (χ0n) is 20.2. The minimum atomic E-state index is -4.58. The molecule has 9 nitrogen and oxygen atoms in total. The van der Waals surface area contributed by atoms with Gasteiger partial charge in [-0.25, -0.2) is 4.98 Å². The van der Waals surface area contributed by atoms with Gasteiger partial charge in [-0.3, -0.25) is 19.3 Å². The van der Waals surface area contributed by atoms with Gasteiger partial charge in [0, 0.05) is 31.9 Å². The molecule has 4 aromatic rings. The average Bonchev–Trinajstić information content (AvgIpc) is 3.41. The van der Waals surface area contributed by atoms with Crippen molar-refractivity contribution in [3.05, 3.63) is 70.6 Å². The normalized spacial score (nSPS) is 14.2. The summed E-state index contributed by atoms with van der Waals surface area (Å²) in [6.45, 7) is 2.32. The predicted molar refractivity (Wildman–Crippen MR) is 137 cm³/mol. The number of benzene rings is 2. The molecule has 2 aromatic heterocycles. The van der Waals surface area contributed by atoms with Gasteiger partial charge in [-0.15, -0.1) is 0 Å². The van der Waals surface area contributed by atoms with Crippen molar-refractivity contribution in [2.24, 2.45) is 0 Å². The smallest absolute Gasteiger partial charge is 0.416 e. The topological polar surface area (TPSA) is 96.3 Å². The predicted octanol–water partition coefficient (Wildman–Crippen LogP) is 3.58. The number of ether oxygens (including phenoxy) is 1. The van der Waals surface area contributed by atoms with E-state index in [0.29, 0.717) is 26.2 Å². The van der Waals surface area contributed by atoms with E-state index in [1.54, 1.807) is 12.0 Å². The molecule has 0 unspecified atom stereocenters. The molecule has 1 aliphatic rings. The Kier molecular flexibility index (Phi) is 7.02. The van der Waals surface area contributed by atoms with Crippen molar-refractivity contribution in [1.82, 2.24) is 24.6 Å². The maximum atomic E-state index is 13.3. The number of alkyl halides is 3. The van der Waals surface area contributed by atoms with Crippen LogP contribution in [0.5, 0.6) is 5.75 Å². The molecule has 38 heavy (non-hydrogen) atoms. The molecule has 1 fully saturated rings. The number of aromatic nitrogens is 4. The number of rotatable bonds is 6. The first-order valence-corrected chi connectivity index (χ1v) is 12.7. The number of piperazine rings is 1. The van der Waals surface area contributed by atoms with Gasteiger partial charge in [0.15, 0.2) is 10.8 Å². The van der Waals surface area contributed by atoms with Gasteiger partial charge in [-0.05, 0) is 42.5 Å². The van der Waals surface area contributed by atoms with E-state index in [-0.39, 0.29) is 33.5 Å². The van der Waals surface area contributed by atoms with Crippen LogP contribution in [-0.2, 0) is 11.0 Å². The number of nitrogens with zero attached hydrogens (tertiary/aromatic N) is 5. The molecule has 1 saturated heterocycles. The second-order valence-electron chi connectivity index (χ2n) is 8.57. The van der Waals surface area contributed by atoms with Crippen molar-refractivity contribution in [2.45, 2.75) is 11.3 Å². The summed E-state index contributed by atoms with van der Waals surface area (Å²) >= 11 is 0.995. The Balaban J connectivity index is 1.33. The lowest BCUT2D eigenvalue weighted by Crippen LogP contribution is -2.49. The largest absolute Gasteiger partial charge is 0.497 e. The highest BCUT2D eigenvalue weighted by Gasteiger charge is 2.31. The average molecular weight is 545 g/mol. The van der Waals surface area contributed by atoms with Gasteiger partial charge in [-0.1, -0.05) is 17.8 Å². The number of carbonyl (C=O) groups is 1. The maximum Gasteiger partial charge on any atom is 0.416 e. The van der Waals surface area contributed by atoms with E-state index in [4.69, 9.17) is 4.74 Å². The number of hydrogen-bond acceptors (Lipinski definition) is 7. The lowest BCUT2D eigenvalue weighted by Gasteiger charge is -2.36. The van der Waals surface area contributed by atoms with Gasteiger partial charge in [0.2, 0.25) is 5.91 Å². The minimum Gasteiger partial charge on any atom is -0.497 e. The lowest BCUT2D eigenvalue weighted by atomic mass is 10.2. The highest BCUT2D eigenvalue weighted by molar-refractivity contribution is 7.99. The Bertz CT molecular complexity index is 1510.